The molecule has 2 bridgehead atoms. The van der Waals surface area contributed by atoms with Gasteiger partial charge in [0, 0.05) is 11.6 Å². The van der Waals surface area contributed by atoms with Crippen LogP contribution in [0, 0.1) is 0 Å². The zero-order valence-corrected chi connectivity index (χ0v) is 9.57. The lowest BCUT2D eigenvalue weighted by atomic mass is 9.78. The standard InChI is InChI=1S/C15H12O2/c1-10-8-13-16-9-15(17-13)7-6-11-4-2-3-5-12(11)14(10)15/h2-8H,9H2,1H3. The van der Waals surface area contributed by atoms with Crippen molar-refractivity contribution in [3.63, 3.8) is 0 Å². The largest absolute Gasteiger partial charge is 0.460 e. The minimum atomic E-state index is -0.386. The van der Waals surface area contributed by atoms with E-state index in [1.54, 1.807) is 0 Å². The number of hydrogen-bond donors (Lipinski definition) is 0. The maximum atomic E-state index is 5.91. The van der Waals surface area contributed by atoms with Gasteiger partial charge < -0.3 is 9.47 Å². The molecule has 1 atom stereocenters. The summed E-state index contributed by atoms with van der Waals surface area (Å²) in [7, 11) is 0. The molecule has 2 heterocycles. The molecule has 1 spiro atoms. The maximum absolute atomic E-state index is 5.91. The van der Waals surface area contributed by atoms with Crippen LogP contribution in [0.25, 0.3) is 11.6 Å². The van der Waals surface area contributed by atoms with Crippen LogP contribution in [0.3, 0.4) is 0 Å². The predicted octanol–water partition coefficient (Wildman–Crippen LogP) is 3.13. The number of allylic oxidation sites excluding steroid dienone is 2. The number of rotatable bonds is 0. The Morgan fingerprint density at radius 3 is 3.06 bits per heavy atom. The summed E-state index contributed by atoms with van der Waals surface area (Å²) in [6.45, 7) is 2.70. The number of benzene rings is 1. The van der Waals surface area contributed by atoms with Crippen LogP contribution in [0.4, 0.5) is 0 Å². The van der Waals surface area contributed by atoms with Gasteiger partial charge in [-0.25, -0.2) is 0 Å². The van der Waals surface area contributed by atoms with Crippen LogP contribution in [0.15, 0.2) is 47.9 Å². The van der Waals surface area contributed by atoms with Gasteiger partial charge in [0.1, 0.15) is 6.61 Å². The van der Waals surface area contributed by atoms with Crippen molar-refractivity contribution < 1.29 is 9.47 Å². The minimum absolute atomic E-state index is 0.386. The van der Waals surface area contributed by atoms with Crippen molar-refractivity contribution in [3.05, 3.63) is 59.1 Å². The Balaban J connectivity index is 2.06. The van der Waals surface area contributed by atoms with E-state index < -0.39 is 0 Å². The fourth-order valence-electron chi connectivity index (χ4n) is 2.89. The summed E-state index contributed by atoms with van der Waals surface area (Å²) in [6.07, 6.45) is 6.23. The van der Waals surface area contributed by atoms with Crippen molar-refractivity contribution in [2.24, 2.45) is 0 Å². The van der Waals surface area contributed by atoms with Gasteiger partial charge in [-0.3, -0.25) is 0 Å². The van der Waals surface area contributed by atoms with Gasteiger partial charge >= 0.3 is 0 Å². The molecule has 1 fully saturated rings. The molecule has 17 heavy (non-hydrogen) atoms. The average molecular weight is 224 g/mol. The number of fused-ring (bicyclic) bond motifs is 3. The molecular weight excluding hydrogens is 212 g/mol. The monoisotopic (exact) mass is 224 g/mol. The van der Waals surface area contributed by atoms with Gasteiger partial charge in [0.25, 0.3) is 5.95 Å². The highest BCUT2D eigenvalue weighted by atomic mass is 16.7. The lowest BCUT2D eigenvalue weighted by Crippen LogP contribution is -2.34. The Bertz CT molecular complexity index is 607. The van der Waals surface area contributed by atoms with E-state index in [-0.39, 0.29) is 5.60 Å². The third kappa shape index (κ3) is 1.05. The minimum Gasteiger partial charge on any atom is -0.460 e. The van der Waals surface area contributed by atoms with E-state index in [1.165, 1.54) is 22.3 Å². The Morgan fingerprint density at radius 2 is 2.12 bits per heavy atom. The van der Waals surface area contributed by atoms with Crippen LogP contribution in [0.5, 0.6) is 0 Å². The topological polar surface area (TPSA) is 18.5 Å². The van der Waals surface area contributed by atoms with Crippen LogP contribution in [0.2, 0.25) is 0 Å². The second-order valence-corrected chi connectivity index (χ2v) is 4.72. The zero-order chi connectivity index (χ0) is 11.5. The highest BCUT2D eigenvalue weighted by molar-refractivity contribution is 5.88. The van der Waals surface area contributed by atoms with Crippen LogP contribution < -0.4 is 0 Å². The lowest BCUT2D eigenvalue weighted by molar-refractivity contribution is 0.126. The lowest BCUT2D eigenvalue weighted by Gasteiger charge is -2.33. The summed E-state index contributed by atoms with van der Waals surface area (Å²) in [4.78, 5) is 0. The summed E-state index contributed by atoms with van der Waals surface area (Å²) in [5.74, 6) is 0.648. The quantitative estimate of drug-likeness (QED) is 0.674. The van der Waals surface area contributed by atoms with Crippen molar-refractivity contribution in [1.82, 2.24) is 0 Å². The molecule has 1 unspecified atom stereocenters. The van der Waals surface area contributed by atoms with Gasteiger partial charge in [-0.05, 0) is 29.7 Å². The van der Waals surface area contributed by atoms with Crippen LogP contribution in [0.1, 0.15) is 18.1 Å². The highest BCUT2D eigenvalue weighted by Gasteiger charge is 2.47. The summed E-state index contributed by atoms with van der Waals surface area (Å²) in [5.41, 5.74) is 4.60. The van der Waals surface area contributed by atoms with Crippen LogP contribution in [-0.2, 0) is 9.47 Å². The smallest absolute Gasteiger partial charge is 0.280 e. The van der Waals surface area contributed by atoms with Crippen molar-refractivity contribution in [3.8, 4) is 0 Å². The molecule has 1 aromatic carbocycles. The molecule has 1 saturated heterocycles. The molecule has 0 radical (unpaired) electrons. The van der Waals surface area contributed by atoms with Crippen molar-refractivity contribution >= 4 is 11.6 Å². The molecule has 3 aliphatic rings. The summed E-state index contributed by atoms with van der Waals surface area (Å²) in [6, 6.07) is 8.42. The predicted molar refractivity (Wildman–Crippen MR) is 65.9 cm³/mol. The van der Waals surface area contributed by atoms with E-state index in [1.807, 2.05) is 6.08 Å². The fourth-order valence-corrected chi connectivity index (χ4v) is 2.89. The van der Waals surface area contributed by atoms with Crippen LogP contribution >= 0.6 is 0 Å². The average Bonchev–Trinajstić information content (AvgIpc) is 2.66. The maximum Gasteiger partial charge on any atom is 0.280 e. The van der Waals surface area contributed by atoms with E-state index in [0.29, 0.717) is 12.6 Å². The fraction of sp³-hybridized carbons (Fsp3) is 0.200. The van der Waals surface area contributed by atoms with E-state index in [4.69, 9.17) is 9.47 Å². The number of ether oxygens (including phenoxy) is 2. The van der Waals surface area contributed by atoms with E-state index in [2.05, 4.69) is 43.3 Å². The molecule has 4 rings (SSSR count). The van der Waals surface area contributed by atoms with Gasteiger partial charge in [0.15, 0.2) is 5.60 Å². The normalized spacial score (nSPS) is 27.9. The molecule has 1 aromatic rings. The first-order chi connectivity index (χ1) is 8.28. The molecule has 0 amide bonds. The number of hydrogen-bond acceptors (Lipinski definition) is 2. The first-order valence-corrected chi connectivity index (χ1v) is 5.82. The molecule has 1 aliphatic carbocycles. The molecule has 84 valence electrons. The first kappa shape index (κ1) is 9.11. The van der Waals surface area contributed by atoms with Gasteiger partial charge in [0.2, 0.25) is 0 Å². The van der Waals surface area contributed by atoms with Crippen molar-refractivity contribution in [2.75, 3.05) is 6.61 Å². The van der Waals surface area contributed by atoms with Gasteiger partial charge in [-0.15, -0.1) is 0 Å². The van der Waals surface area contributed by atoms with E-state index in [0.717, 1.165) is 0 Å². The second kappa shape index (κ2) is 2.83. The molecule has 0 aromatic heterocycles. The highest BCUT2D eigenvalue weighted by Crippen LogP contribution is 2.48. The van der Waals surface area contributed by atoms with E-state index >= 15 is 0 Å². The zero-order valence-electron chi connectivity index (χ0n) is 9.57. The Morgan fingerprint density at radius 1 is 1.24 bits per heavy atom. The Labute approximate surface area is 99.9 Å². The SMILES string of the molecule is CC1=C2c3ccccc3C=CC23COC(=C1)O3. The van der Waals surface area contributed by atoms with Gasteiger partial charge in [-0.2, -0.15) is 0 Å². The Hall–Kier alpha value is -1.96. The summed E-state index contributed by atoms with van der Waals surface area (Å²) < 4.78 is 11.5. The molecule has 2 nitrogen and oxygen atoms in total. The molecule has 0 saturated carbocycles. The van der Waals surface area contributed by atoms with Crippen molar-refractivity contribution in [2.45, 2.75) is 12.5 Å². The van der Waals surface area contributed by atoms with Crippen molar-refractivity contribution in [1.29, 1.82) is 0 Å². The molecular formula is C15H12O2. The van der Waals surface area contributed by atoms with Gasteiger partial charge in [0.05, 0.1) is 0 Å². The Kier molecular flexibility index (Phi) is 1.52. The van der Waals surface area contributed by atoms with E-state index in [9.17, 15) is 0 Å². The van der Waals surface area contributed by atoms with Crippen LogP contribution in [-0.4, -0.2) is 12.2 Å². The third-order valence-corrected chi connectivity index (χ3v) is 3.63. The second-order valence-electron chi connectivity index (χ2n) is 4.72. The third-order valence-electron chi connectivity index (χ3n) is 3.63. The first-order valence-electron chi connectivity index (χ1n) is 5.82. The summed E-state index contributed by atoms with van der Waals surface area (Å²) >= 11 is 0. The molecule has 2 aliphatic heterocycles. The molecule has 0 N–H and O–H groups in total. The summed E-state index contributed by atoms with van der Waals surface area (Å²) in [5, 5.41) is 0. The molecule has 2 heteroatoms. The van der Waals surface area contributed by atoms with Gasteiger partial charge in [-0.1, -0.05) is 30.3 Å².